The number of hydrogen-bond donors (Lipinski definition) is 0. The molecule has 3 heteroatoms. The summed E-state index contributed by atoms with van der Waals surface area (Å²) in [5, 5.41) is 0. The van der Waals surface area contributed by atoms with Crippen molar-refractivity contribution in [3.05, 3.63) is 11.8 Å². The third kappa shape index (κ3) is 7.68. The van der Waals surface area contributed by atoms with Gasteiger partial charge in [0.25, 0.3) is 0 Å². The minimum atomic E-state index is -1.66. The zero-order chi connectivity index (χ0) is 12.6. The van der Waals surface area contributed by atoms with Gasteiger partial charge in [0.1, 0.15) is 5.76 Å². The Morgan fingerprint density at radius 2 is 1.81 bits per heavy atom. The van der Waals surface area contributed by atoms with Crippen LogP contribution < -0.4 is 0 Å². The first-order chi connectivity index (χ1) is 7.40. The summed E-state index contributed by atoms with van der Waals surface area (Å²) in [7, 11) is -1.66. The molecule has 0 radical (unpaired) electrons. The van der Waals surface area contributed by atoms with Gasteiger partial charge in [-0.1, -0.05) is 26.7 Å². The Hall–Kier alpha value is -0.573. The summed E-state index contributed by atoms with van der Waals surface area (Å²) in [6.45, 7) is 10.5. The highest BCUT2D eigenvalue weighted by atomic mass is 28.4. The van der Waals surface area contributed by atoms with Crippen LogP contribution >= 0.6 is 0 Å². The molecular formula is C13H26O2Si. The molecule has 0 unspecified atom stereocenters. The summed E-state index contributed by atoms with van der Waals surface area (Å²) in [4.78, 5) is 11.9. The van der Waals surface area contributed by atoms with Gasteiger partial charge in [0.2, 0.25) is 8.32 Å². The molecule has 0 aromatic rings. The van der Waals surface area contributed by atoms with E-state index in [0.717, 1.165) is 25.7 Å². The van der Waals surface area contributed by atoms with Crippen molar-refractivity contribution in [2.45, 2.75) is 65.6 Å². The second-order valence-electron chi connectivity index (χ2n) is 5.10. The molecule has 0 bridgehead atoms. The molecule has 0 atom stereocenters. The van der Waals surface area contributed by atoms with Gasteiger partial charge in [-0.2, -0.15) is 0 Å². The molecule has 0 aliphatic carbocycles. The maximum Gasteiger partial charge on any atom is 0.242 e. The molecule has 0 heterocycles. The van der Waals surface area contributed by atoms with Gasteiger partial charge in [-0.15, -0.1) is 0 Å². The van der Waals surface area contributed by atoms with Crippen LogP contribution in [0.3, 0.4) is 0 Å². The molecule has 0 aliphatic heterocycles. The molecular weight excluding hydrogens is 216 g/mol. The van der Waals surface area contributed by atoms with E-state index in [4.69, 9.17) is 4.43 Å². The fourth-order valence-electron chi connectivity index (χ4n) is 1.28. The van der Waals surface area contributed by atoms with Crippen LogP contribution in [-0.4, -0.2) is 14.1 Å². The predicted octanol–water partition coefficient (Wildman–Crippen LogP) is 4.28. The lowest BCUT2D eigenvalue weighted by atomic mass is 10.1. The van der Waals surface area contributed by atoms with E-state index >= 15 is 0 Å². The van der Waals surface area contributed by atoms with E-state index in [1.807, 2.05) is 6.08 Å². The van der Waals surface area contributed by atoms with Crippen LogP contribution in [-0.2, 0) is 9.22 Å². The predicted molar refractivity (Wildman–Crippen MR) is 72.0 cm³/mol. The standard InChI is InChI=1S/C13H26O2Si/c1-6-8-10-12(14)13(11-9-7-2)15-16(3,4)5/h11H,6-10H2,1-5H3/b13-11-. The van der Waals surface area contributed by atoms with Crippen LogP contribution in [0.25, 0.3) is 0 Å². The van der Waals surface area contributed by atoms with Crippen molar-refractivity contribution in [1.82, 2.24) is 0 Å². The molecule has 0 fully saturated rings. The van der Waals surface area contributed by atoms with Crippen LogP contribution in [0.4, 0.5) is 0 Å². The number of ketones is 1. The van der Waals surface area contributed by atoms with Gasteiger partial charge in [0.15, 0.2) is 5.78 Å². The van der Waals surface area contributed by atoms with Crippen LogP contribution in [0.2, 0.25) is 19.6 Å². The minimum Gasteiger partial charge on any atom is -0.542 e. The van der Waals surface area contributed by atoms with Crippen molar-refractivity contribution in [3.63, 3.8) is 0 Å². The quantitative estimate of drug-likeness (QED) is 0.361. The van der Waals surface area contributed by atoms with Crippen LogP contribution in [0.5, 0.6) is 0 Å². The fourth-order valence-corrected chi connectivity index (χ4v) is 2.14. The molecule has 0 spiro atoms. The van der Waals surface area contributed by atoms with Gasteiger partial charge >= 0.3 is 0 Å². The van der Waals surface area contributed by atoms with Crippen LogP contribution in [0.1, 0.15) is 46.0 Å². The Kier molecular flexibility index (Phi) is 7.39. The van der Waals surface area contributed by atoms with E-state index in [1.165, 1.54) is 0 Å². The molecule has 16 heavy (non-hydrogen) atoms. The molecule has 0 aromatic heterocycles. The minimum absolute atomic E-state index is 0.178. The summed E-state index contributed by atoms with van der Waals surface area (Å²) in [5.74, 6) is 0.798. The van der Waals surface area contributed by atoms with E-state index in [-0.39, 0.29) is 5.78 Å². The average Bonchev–Trinajstić information content (AvgIpc) is 2.19. The first-order valence-corrected chi connectivity index (χ1v) is 9.74. The van der Waals surface area contributed by atoms with Gasteiger partial charge in [-0.05, 0) is 38.6 Å². The lowest BCUT2D eigenvalue weighted by Crippen LogP contribution is -2.27. The van der Waals surface area contributed by atoms with Crippen molar-refractivity contribution in [2.75, 3.05) is 0 Å². The monoisotopic (exact) mass is 242 g/mol. The summed E-state index contributed by atoms with van der Waals surface area (Å²) in [5.41, 5.74) is 0. The number of unbranched alkanes of at least 4 members (excludes halogenated alkanes) is 2. The molecule has 0 N–H and O–H groups in total. The highest BCUT2D eigenvalue weighted by Crippen LogP contribution is 2.15. The molecule has 0 saturated carbocycles. The number of allylic oxidation sites excluding steroid dienone is 2. The summed E-state index contributed by atoms with van der Waals surface area (Å²) < 4.78 is 5.85. The number of Topliss-reactive ketones (excluding diaryl/α,β-unsaturated/α-hetero) is 1. The fraction of sp³-hybridized carbons (Fsp3) is 0.769. The van der Waals surface area contributed by atoms with Gasteiger partial charge < -0.3 is 4.43 Å². The Morgan fingerprint density at radius 1 is 1.19 bits per heavy atom. The second kappa shape index (κ2) is 7.66. The second-order valence-corrected chi connectivity index (χ2v) is 9.53. The van der Waals surface area contributed by atoms with Gasteiger partial charge in [-0.25, -0.2) is 0 Å². The lowest BCUT2D eigenvalue weighted by molar-refractivity contribution is -0.117. The lowest BCUT2D eigenvalue weighted by Gasteiger charge is -2.21. The van der Waals surface area contributed by atoms with Crippen molar-refractivity contribution in [2.24, 2.45) is 0 Å². The number of carbonyl (C=O) groups excluding carboxylic acids is 1. The van der Waals surface area contributed by atoms with Crippen molar-refractivity contribution in [3.8, 4) is 0 Å². The third-order valence-electron chi connectivity index (χ3n) is 2.07. The zero-order valence-corrected chi connectivity index (χ0v) is 12.4. The third-order valence-corrected chi connectivity index (χ3v) is 2.90. The summed E-state index contributed by atoms with van der Waals surface area (Å²) >= 11 is 0. The van der Waals surface area contributed by atoms with E-state index in [9.17, 15) is 4.79 Å². The van der Waals surface area contributed by atoms with Gasteiger partial charge in [0, 0.05) is 6.42 Å². The van der Waals surface area contributed by atoms with Crippen molar-refractivity contribution in [1.29, 1.82) is 0 Å². The normalized spacial score (nSPS) is 12.7. The molecule has 0 aliphatic rings. The number of rotatable bonds is 8. The first kappa shape index (κ1) is 15.4. The molecule has 0 aromatic carbocycles. The van der Waals surface area contributed by atoms with Gasteiger partial charge in [-0.3, -0.25) is 4.79 Å². The Morgan fingerprint density at radius 3 is 2.25 bits per heavy atom. The van der Waals surface area contributed by atoms with E-state index in [2.05, 4.69) is 33.5 Å². The molecule has 0 saturated heterocycles. The molecule has 2 nitrogen and oxygen atoms in total. The maximum atomic E-state index is 11.9. The first-order valence-electron chi connectivity index (χ1n) is 6.33. The van der Waals surface area contributed by atoms with Crippen molar-refractivity contribution < 1.29 is 9.22 Å². The largest absolute Gasteiger partial charge is 0.542 e. The molecule has 0 amide bonds. The van der Waals surface area contributed by atoms with Crippen molar-refractivity contribution >= 4 is 14.1 Å². The Balaban J connectivity index is 4.48. The summed E-state index contributed by atoms with van der Waals surface area (Å²) in [6, 6.07) is 0. The zero-order valence-electron chi connectivity index (χ0n) is 11.4. The van der Waals surface area contributed by atoms with Crippen LogP contribution in [0.15, 0.2) is 11.8 Å². The number of hydrogen-bond acceptors (Lipinski definition) is 2. The average molecular weight is 242 g/mol. The maximum absolute atomic E-state index is 11.9. The van der Waals surface area contributed by atoms with E-state index in [1.54, 1.807) is 0 Å². The highest BCUT2D eigenvalue weighted by molar-refractivity contribution is 6.70. The van der Waals surface area contributed by atoms with E-state index < -0.39 is 8.32 Å². The SMILES string of the molecule is CCC/C=C(\O[Si](C)(C)C)C(=O)CCCC. The topological polar surface area (TPSA) is 26.3 Å². The highest BCUT2D eigenvalue weighted by Gasteiger charge is 2.21. The molecule has 0 rings (SSSR count). The summed E-state index contributed by atoms with van der Waals surface area (Å²) in [6.07, 6.45) is 6.58. The van der Waals surface area contributed by atoms with Gasteiger partial charge in [0.05, 0.1) is 0 Å². The number of carbonyl (C=O) groups is 1. The van der Waals surface area contributed by atoms with E-state index in [0.29, 0.717) is 12.2 Å². The smallest absolute Gasteiger partial charge is 0.242 e. The molecule has 94 valence electrons. The van der Waals surface area contributed by atoms with Crippen LogP contribution in [0, 0.1) is 0 Å². The Labute approximate surface area is 101 Å². The Bertz CT molecular complexity index is 239.